The zero-order valence-corrected chi connectivity index (χ0v) is 31.9. The number of benzene rings is 3. The van der Waals surface area contributed by atoms with Crippen LogP contribution >= 0.6 is 0 Å². The Hall–Kier alpha value is -4.16. The molecule has 0 N–H and O–H groups in total. The van der Waals surface area contributed by atoms with Gasteiger partial charge in [-0.1, -0.05) is 173 Å². The fourth-order valence-electron chi connectivity index (χ4n) is 4.83. The van der Waals surface area contributed by atoms with Crippen molar-refractivity contribution in [2.24, 2.45) is 0 Å². The van der Waals surface area contributed by atoms with Gasteiger partial charge in [0.25, 0.3) is 0 Å². The van der Waals surface area contributed by atoms with Crippen LogP contribution in [0.4, 0.5) is 0 Å². The van der Waals surface area contributed by atoms with Crippen molar-refractivity contribution in [2.75, 3.05) is 0 Å². The Morgan fingerprint density at radius 3 is 1.79 bits per heavy atom. The number of hydrogen-bond donors (Lipinski definition) is 0. The van der Waals surface area contributed by atoms with Gasteiger partial charge in [-0.15, -0.1) is 0 Å². The Balaban J connectivity index is 0.000000854. The zero-order valence-electron chi connectivity index (χ0n) is 31.9. The molecule has 1 aliphatic rings. The van der Waals surface area contributed by atoms with Crippen LogP contribution in [0.2, 0.25) is 0 Å². The summed E-state index contributed by atoms with van der Waals surface area (Å²) in [6.45, 7) is 33.4. The van der Waals surface area contributed by atoms with E-state index in [2.05, 4.69) is 134 Å². The van der Waals surface area contributed by atoms with E-state index >= 15 is 0 Å². The summed E-state index contributed by atoms with van der Waals surface area (Å²) < 4.78 is 0. The van der Waals surface area contributed by atoms with E-state index in [9.17, 15) is 0 Å². The number of aryl methyl sites for hydroxylation is 2. The van der Waals surface area contributed by atoms with Crippen LogP contribution in [0.1, 0.15) is 116 Å². The minimum atomic E-state index is 1.03. The lowest BCUT2D eigenvalue weighted by molar-refractivity contribution is 0.911. The van der Waals surface area contributed by atoms with Gasteiger partial charge >= 0.3 is 0 Å². The summed E-state index contributed by atoms with van der Waals surface area (Å²) in [4.78, 5) is 0. The molecule has 0 atom stereocenters. The van der Waals surface area contributed by atoms with Crippen molar-refractivity contribution in [3.63, 3.8) is 0 Å². The second-order valence-electron chi connectivity index (χ2n) is 11.4. The summed E-state index contributed by atoms with van der Waals surface area (Å²) in [6, 6.07) is 27.2. The molecular formula is C47H64. The third kappa shape index (κ3) is 16.3. The third-order valence-electron chi connectivity index (χ3n) is 7.47. The van der Waals surface area contributed by atoms with Crippen LogP contribution < -0.4 is 0 Å². The monoisotopic (exact) mass is 629 g/mol. The van der Waals surface area contributed by atoms with Crippen LogP contribution in [0.3, 0.4) is 0 Å². The average Bonchev–Trinajstić information content (AvgIpc) is 3.09. The Kier molecular flexibility index (Phi) is 22.8. The van der Waals surface area contributed by atoms with E-state index in [4.69, 9.17) is 0 Å². The molecule has 0 heteroatoms. The van der Waals surface area contributed by atoms with E-state index in [1.54, 1.807) is 0 Å². The van der Waals surface area contributed by atoms with Gasteiger partial charge in [-0.3, -0.25) is 0 Å². The van der Waals surface area contributed by atoms with Gasteiger partial charge in [0.05, 0.1) is 0 Å². The molecular weight excluding hydrogens is 565 g/mol. The van der Waals surface area contributed by atoms with Crippen LogP contribution in [0.15, 0.2) is 145 Å². The highest BCUT2D eigenvalue weighted by Gasteiger charge is 2.13. The van der Waals surface area contributed by atoms with Crippen LogP contribution in [0.25, 0.3) is 16.7 Å². The SMILES string of the molecule is C=C(/C=C(C)/C(/C=C\C)=C/CC)c1ccc(C)c(C2=C(C)CCC(C)=C2)c1.C=C(C)c1ccccc1.CC.CC.Cc1ccccc1. The van der Waals surface area contributed by atoms with Crippen molar-refractivity contribution in [1.82, 2.24) is 0 Å². The van der Waals surface area contributed by atoms with E-state index in [1.165, 1.54) is 62.1 Å². The zero-order chi connectivity index (χ0) is 35.8. The quantitative estimate of drug-likeness (QED) is 0.228. The molecule has 0 bridgehead atoms. The van der Waals surface area contributed by atoms with Crippen LogP contribution in [0.5, 0.6) is 0 Å². The molecule has 0 fully saturated rings. The Labute approximate surface area is 290 Å². The lowest BCUT2D eigenvalue weighted by Gasteiger charge is -2.19. The van der Waals surface area contributed by atoms with Gasteiger partial charge in [-0.2, -0.15) is 0 Å². The summed E-state index contributed by atoms with van der Waals surface area (Å²) in [6.07, 6.45) is 14.5. The van der Waals surface area contributed by atoms with Gasteiger partial charge in [0.2, 0.25) is 0 Å². The smallest absolute Gasteiger partial charge is 0.0149 e. The number of rotatable bonds is 7. The van der Waals surface area contributed by atoms with Crippen molar-refractivity contribution >= 4 is 16.7 Å². The predicted molar refractivity (Wildman–Crippen MR) is 218 cm³/mol. The predicted octanol–water partition coefficient (Wildman–Crippen LogP) is 15.1. The molecule has 0 spiro atoms. The standard InChI is InChI=1S/C27H34.C9H10.C7H8.2C2H6/c1-8-10-24(11-9-2)22(6)17-23(7)25-15-14-21(5)27(18-25)26-16-19(3)12-13-20(26)4;1-8(2)9-6-4-3-5-7-9;1-7-5-3-2-4-6-7;2*1-2/h8,10-11,14-18H,7,9,12-13H2,1-6H3;3-7H,1H2,2H3;2-6H,1H3;2*1-2H3/b10-8-,22-17+,24-11+;;;;. The Morgan fingerprint density at radius 2 is 1.32 bits per heavy atom. The minimum Gasteiger partial charge on any atom is -0.0955 e. The molecule has 3 aromatic rings. The average molecular weight is 629 g/mol. The molecule has 47 heavy (non-hydrogen) atoms. The molecule has 1 aliphatic carbocycles. The Morgan fingerprint density at radius 1 is 0.745 bits per heavy atom. The van der Waals surface area contributed by atoms with Gasteiger partial charge < -0.3 is 0 Å². The molecule has 0 aliphatic heterocycles. The van der Waals surface area contributed by atoms with Gasteiger partial charge in [0, 0.05) is 0 Å². The molecule has 0 unspecified atom stereocenters. The largest absolute Gasteiger partial charge is 0.0955 e. The minimum absolute atomic E-state index is 1.03. The second-order valence-corrected chi connectivity index (χ2v) is 11.4. The van der Waals surface area contributed by atoms with E-state index in [1.807, 2.05) is 71.0 Å². The van der Waals surface area contributed by atoms with Crippen molar-refractivity contribution in [1.29, 1.82) is 0 Å². The van der Waals surface area contributed by atoms with Crippen molar-refractivity contribution in [3.8, 4) is 0 Å². The summed E-state index contributed by atoms with van der Waals surface area (Å²) in [5, 5.41) is 0. The second kappa shape index (κ2) is 25.0. The maximum absolute atomic E-state index is 4.36. The summed E-state index contributed by atoms with van der Waals surface area (Å²) >= 11 is 0. The summed E-state index contributed by atoms with van der Waals surface area (Å²) in [5.74, 6) is 0. The first-order valence-corrected chi connectivity index (χ1v) is 17.5. The molecule has 0 saturated carbocycles. The van der Waals surface area contributed by atoms with Crippen LogP contribution in [-0.4, -0.2) is 0 Å². The molecule has 252 valence electrons. The van der Waals surface area contributed by atoms with Crippen molar-refractivity contribution < 1.29 is 0 Å². The van der Waals surface area contributed by atoms with Crippen LogP contribution in [-0.2, 0) is 0 Å². The topological polar surface area (TPSA) is 0 Å². The maximum atomic E-state index is 4.36. The number of allylic oxidation sites excluding steroid dienone is 12. The molecule has 0 heterocycles. The van der Waals surface area contributed by atoms with Gasteiger partial charge in [0.1, 0.15) is 0 Å². The molecule has 0 amide bonds. The summed E-state index contributed by atoms with van der Waals surface area (Å²) in [5.41, 5.74) is 15.5. The van der Waals surface area contributed by atoms with Crippen molar-refractivity contribution in [3.05, 3.63) is 173 Å². The van der Waals surface area contributed by atoms with Gasteiger partial charge in [0.15, 0.2) is 0 Å². The van der Waals surface area contributed by atoms with E-state index in [-0.39, 0.29) is 0 Å². The number of hydrogen-bond acceptors (Lipinski definition) is 0. The first kappa shape index (κ1) is 42.8. The van der Waals surface area contributed by atoms with E-state index in [0.717, 1.165) is 24.0 Å². The first-order valence-electron chi connectivity index (χ1n) is 17.5. The highest BCUT2D eigenvalue weighted by molar-refractivity contribution is 5.83. The molecule has 4 rings (SSSR count). The molecule has 0 radical (unpaired) electrons. The van der Waals surface area contributed by atoms with E-state index in [0.29, 0.717) is 0 Å². The fourth-order valence-corrected chi connectivity index (χ4v) is 4.83. The molecule has 0 nitrogen and oxygen atoms in total. The molecule has 0 saturated heterocycles. The maximum Gasteiger partial charge on any atom is -0.0149 e. The lowest BCUT2D eigenvalue weighted by Crippen LogP contribution is -1.98. The highest BCUT2D eigenvalue weighted by atomic mass is 14.2. The van der Waals surface area contributed by atoms with Gasteiger partial charge in [-0.05, 0) is 118 Å². The highest BCUT2D eigenvalue weighted by Crippen LogP contribution is 2.34. The third-order valence-corrected chi connectivity index (χ3v) is 7.47. The summed E-state index contributed by atoms with van der Waals surface area (Å²) in [7, 11) is 0. The fraction of sp³-hybridized carbons (Fsp3) is 0.319. The molecule has 0 aromatic heterocycles. The van der Waals surface area contributed by atoms with Crippen molar-refractivity contribution in [2.45, 2.75) is 102 Å². The first-order chi connectivity index (χ1) is 22.6. The lowest BCUT2D eigenvalue weighted by atomic mass is 9.86. The van der Waals surface area contributed by atoms with E-state index < -0.39 is 0 Å². The van der Waals surface area contributed by atoms with Gasteiger partial charge in [-0.25, -0.2) is 0 Å². The normalized spacial score (nSPS) is 12.6. The molecule has 3 aromatic carbocycles. The Bertz CT molecular complexity index is 1500. The van der Waals surface area contributed by atoms with Crippen LogP contribution in [0, 0.1) is 13.8 Å².